The average Bonchev–Trinajstić information content (AvgIpc) is 2.45. The molecule has 1 amide bonds. The molecule has 116 valence electrons. The quantitative estimate of drug-likeness (QED) is 0.782. The number of ether oxygens (including phenoxy) is 1. The minimum atomic E-state index is -0.238. The molecule has 0 saturated heterocycles. The third-order valence-electron chi connectivity index (χ3n) is 2.98. The van der Waals surface area contributed by atoms with Gasteiger partial charge in [-0.3, -0.25) is 4.79 Å². The van der Waals surface area contributed by atoms with Crippen LogP contribution in [0.25, 0.3) is 0 Å². The van der Waals surface area contributed by atoms with Gasteiger partial charge in [-0.05, 0) is 36.2 Å². The number of nitrogens with one attached hydrogen (secondary N) is 1. The molecule has 2 aromatic rings. The van der Waals surface area contributed by atoms with Gasteiger partial charge in [0.05, 0.1) is 5.02 Å². The third kappa shape index (κ3) is 4.63. The van der Waals surface area contributed by atoms with Gasteiger partial charge < -0.3 is 10.1 Å². The summed E-state index contributed by atoms with van der Waals surface area (Å²) in [4.78, 5) is 11.9. The highest BCUT2D eigenvalue weighted by Gasteiger charge is 2.10. The number of rotatable bonds is 5. The standard InChI is InChI=1S/C16H14BrCl2NO2/c1-10-6-12(17)7-14(19)16(10)22-9-15(21)20-8-11-4-2-3-5-13(11)18/h2-7H,8-9H2,1H3,(H,20,21). The van der Waals surface area contributed by atoms with Gasteiger partial charge in [0, 0.05) is 16.0 Å². The number of carbonyl (C=O) groups excluding carboxylic acids is 1. The van der Waals surface area contributed by atoms with Crippen molar-refractivity contribution in [2.75, 3.05) is 6.61 Å². The molecular weight excluding hydrogens is 389 g/mol. The smallest absolute Gasteiger partial charge is 0.258 e. The lowest BCUT2D eigenvalue weighted by atomic mass is 10.2. The predicted octanol–water partition coefficient (Wildman–Crippen LogP) is 4.76. The number of benzene rings is 2. The largest absolute Gasteiger partial charge is 0.482 e. The number of aryl methyl sites for hydroxylation is 1. The molecule has 3 nitrogen and oxygen atoms in total. The normalized spacial score (nSPS) is 10.4. The van der Waals surface area contributed by atoms with Gasteiger partial charge in [-0.1, -0.05) is 57.3 Å². The van der Waals surface area contributed by atoms with E-state index in [0.29, 0.717) is 22.3 Å². The first kappa shape index (κ1) is 17.1. The molecule has 0 atom stereocenters. The molecule has 0 heterocycles. The first-order valence-electron chi connectivity index (χ1n) is 6.56. The van der Waals surface area contributed by atoms with E-state index in [2.05, 4.69) is 21.2 Å². The topological polar surface area (TPSA) is 38.3 Å². The van der Waals surface area contributed by atoms with Gasteiger partial charge in [0.25, 0.3) is 5.91 Å². The van der Waals surface area contributed by atoms with E-state index in [4.69, 9.17) is 27.9 Å². The summed E-state index contributed by atoms with van der Waals surface area (Å²) in [7, 11) is 0. The molecule has 0 fully saturated rings. The molecule has 0 unspecified atom stereocenters. The molecule has 0 spiro atoms. The fourth-order valence-electron chi connectivity index (χ4n) is 1.90. The monoisotopic (exact) mass is 401 g/mol. The molecule has 0 bridgehead atoms. The number of carbonyl (C=O) groups is 1. The number of halogens is 3. The summed E-state index contributed by atoms with van der Waals surface area (Å²) in [6.45, 7) is 2.12. The molecule has 2 rings (SSSR count). The molecule has 6 heteroatoms. The van der Waals surface area contributed by atoms with Crippen molar-refractivity contribution in [2.45, 2.75) is 13.5 Å². The highest BCUT2D eigenvalue weighted by atomic mass is 79.9. The summed E-state index contributed by atoms with van der Waals surface area (Å²) < 4.78 is 6.37. The maximum atomic E-state index is 11.9. The maximum Gasteiger partial charge on any atom is 0.258 e. The molecule has 0 aliphatic rings. The van der Waals surface area contributed by atoms with Gasteiger partial charge in [-0.15, -0.1) is 0 Å². The van der Waals surface area contributed by atoms with Crippen LogP contribution in [-0.2, 0) is 11.3 Å². The Kier molecular flexibility index (Phi) is 6.12. The third-order valence-corrected chi connectivity index (χ3v) is 4.08. The second-order valence-corrected chi connectivity index (χ2v) is 6.42. The summed E-state index contributed by atoms with van der Waals surface area (Å²) >= 11 is 15.5. The van der Waals surface area contributed by atoms with E-state index in [1.165, 1.54) is 0 Å². The Balaban J connectivity index is 1.90. The van der Waals surface area contributed by atoms with Crippen molar-refractivity contribution >= 4 is 45.0 Å². The Morgan fingerprint density at radius 1 is 1.23 bits per heavy atom. The Bertz CT molecular complexity index is 669. The molecule has 0 saturated carbocycles. The number of hydrogen-bond acceptors (Lipinski definition) is 2. The zero-order valence-corrected chi connectivity index (χ0v) is 14.9. The van der Waals surface area contributed by atoms with E-state index in [1.54, 1.807) is 12.1 Å². The second kappa shape index (κ2) is 7.86. The molecule has 0 radical (unpaired) electrons. The molecule has 2 aromatic carbocycles. The molecular formula is C16H14BrCl2NO2. The van der Waals surface area contributed by atoms with Crippen LogP contribution in [0.4, 0.5) is 0 Å². The van der Waals surface area contributed by atoms with Crippen LogP contribution in [0.1, 0.15) is 11.1 Å². The summed E-state index contributed by atoms with van der Waals surface area (Å²) in [6, 6.07) is 11.0. The van der Waals surface area contributed by atoms with Gasteiger partial charge in [0.15, 0.2) is 6.61 Å². The Labute approximate surface area is 147 Å². The van der Waals surface area contributed by atoms with Crippen molar-refractivity contribution in [1.29, 1.82) is 0 Å². The molecule has 0 aromatic heterocycles. The lowest BCUT2D eigenvalue weighted by Gasteiger charge is -2.12. The minimum absolute atomic E-state index is 0.105. The maximum absolute atomic E-state index is 11.9. The van der Waals surface area contributed by atoms with Crippen molar-refractivity contribution in [3.8, 4) is 5.75 Å². The van der Waals surface area contributed by atoms with Gasteiger partial charge in [0.1, 0.15) is 5.75 Å². The average molecular weight is 403 g/mol. The van der Waals surface area contributed by atoms with E-state index in [0.717, 1.165) is 15.6 Å². The highest BCUT2D eigenvalue weighted by Crippen LogP contribution is 2.31. The predicted molar refractivity (Wildman–Crippen MR) is 92.7 cm³/mol. The van der Waals surface area contributed by atoms with Gasteiger partial charge >= 0.3 is 0 Å². The molecule has 0 aliphatic heterocycles. The van der Waals surface area contributed by atoms with Gasteiger partial charge in [0.2, 0.25) is 0 Å². The van der Waals surface area contributed by atoms with E-state index in [1.807, 2.05) is 31.2 Å². The second-order valence-electron chi connectivity index (χ2n) is 4.69. The fraction of sp³-hybridized carbons (Fsp3) is 0.188. The molecule has 0 aliphatic carbocycles. The SMILES string of the molecule is Cc1cc(Br)cc(Cl)c1OCC(=O)NCc1ccccc1Cl. The van der Waals surface area contributed by atoms with Crippen LogP contribution in [0, 0.1) is 6.92 Å². The molecule has 1 N–H and O–H groups in total. The Morgan fingerprint density at radius 2 is 1.95 bits per heavy atom. The number of hydrogen-bond donors (Lipinski definition) is 1. The van der Waals surface area contributed by atoms with Crippen molar-refractivity contribution in [3.05, 3.63) is 62.0 Å². The Hall–Kier alpha value is -1.23. The zero-order valence-electron chi connectivity index (χ0n) is 11.8. The van der Waals surface area contributed by atoms with Crippen molar-refractivity contribution < 1.29 is 9.53 Å². The van der Waals surface area contributed by atoms with Crippen LogP contribution in [0.2, 0.25) is 10.0 Å². The van der Waals surface area contributed by atoms with E-state index in [9.17, 15) is 4.79 Å². The Morgan fingerprint density at radius 3 is 2.64 bits per heavy atom. The van der Waals surface area contributed by atoms with Crippen LogP contribution in [0.15, 0.2) is 40.9 Å². The summed E-state index contributed by atoms with van der Waals surface area (Å²) in [5.41, 5.74) is 1.72. The van der Waals surface area contributed by atoms with Gasteiger partial charge in [-0.2, -0.15) is 0 Å². The minimum Gasteiger partial charge on any atom is -0.482 e. The van der Waals surface area contributed by atoms with Crippen LogP contribution < -0.4 is 10.1 Å². The van der Waals surface area contributed by atoms with Crippen LogP contribution in [-0.4, -0.2) is 12.5 Å². The number of amides is 1. The van der Waals surface area contributed by atoms with Crippen molar-refractivity contribution in [2.24, 2.45) is 0 Å². The van der Waals surface area contributed by atoms with E-state index < -0.39 is 0 Å². The van der Waals surface area contributed by atoms with Crippen LogP contribution in [0.3, 0.4) is 0 Å². The summed E-state index contributed by atoms with van der Waals surface area (Å²) in [5.74, 6) is 0.274. The van der Waals surface area contributed by atoms with Crippen molar-refractivity contribution in [3.63, 3.8) is 0 Å². The van der Waals surface area contributed by atoms with Crippen molar-refractivity contribution in [1.82, 2.24) is 5.32 Å². The fourth-order valence-corrected chi connectivity index (χ4v) is 3.12. The van der Waals surface area contributed by atoms with E-state index in [-0.39, 0.29) is 12.5 Å². The van der Waals surface area contributed by atoms with E-state index >= 15 is 0 Å². The first-order valence-corrected chi connectivity index (χ1v) is 8.11. The van der Waals surface area contributed by atoms with Gasteiger partial charge in [-0.25, -0.2) is 0 Å². The summed E-state index contributed by atoms with van der Waals surface area (Å²) in [5, 5.41) is 3.84. The summed E-state index contributed by atoms with van der Waals surface area (Å²) in [6.07, 6.45) is 0. The first-order chi connectivity index (χ1) is 10.5. The lowest BCUT2D eigenvalue weighted by Crippen LogP contribution is -2.28. The highest BCUT2D eigenvalue weighted by molar-refractivity contribution is 9.10. The zero-order chi connectivity index (χ0) is 16.1. The lowest BCUT2D eigenvalue weighted by molar-refractivity contribution is -0.123. The van der Waals surface area contributed by atoms with Crippen LogP contribution in [0.5, 0.6) is 5.75 Å². The van der Waals surface area contributed by atoms with Crippen LogP contribution >= 0.6 is 39.1 Å². The molecule has 22 heavy (non-hydrogen) atoms.